The van der Waals surface area contributed by atoms with E-state index in [0.717, 1.165) is 18.5 Å². The molecule has 2 rings (SSSR count). The number of carbonyl (C=O) groups excluding carboxylic acids is 2. The van der Waals surface area contributed by atoms with E-state index in [1.54, 1.807) is 17.9 Å². The van der Waals surface area contributed by atoms with Crippen LogP contribution in [0.1, 0.15) is 35.9 Å². The van der Waals surface area contributed by atoms with Crippen LogP contribution in [0.15, 0.2) is 18.2 Å². The molecule has 0 bridgehead atoms. The molecule has 1 aromatic heterocycles. The van der Waals surface area contributed by atoms with Crippen molar-refractivity contribution in [3.63, 3.8) is 0 Å². The predicted octanol–water partition coefficient (Wildman–Crippen LogP) is 1.81. The van der Waals surface area contributed by atoms with Crippen molar-refractivity contribution >= 4 is 11.9 Å². The molecule has 1 aromatic rings. The molecule has 5 nitrogen and oxygen atoms in total. The lowest BCUT2D eigenvalue weighted by molar-refractivity contribution is -0.149. The van der Waals surface area contributed by atoms with Crippen molar-refractivity contribution in [2.45, 2.75) is 26.7 Å². The second-order valence-corrected chi connectivity index (χ2v) is 5.01. The fraction of sp³-hybridized carbons (Fsp3) is 0.533. The van der Waals surface area contributed by atoms with Gasteiger partial charge in [0.05, 0.1) is 12.5 Å². The maximum atomic E-state index is 12.4. The molecule has 1 aliphatic rings. The lowest BCUT2D eigenvalue weighted by atomic mass is 9.98. The summed E-state index contributed by atoms with van der Waals surface area (Å²) in [5, 5.41) is 0. The van der Waals surface area contributed by atoms with Crippen LogP contribution >= 0.6 is 0 Å². The van der Waals surface area contributed by atoms with Crippen molar-refractivity contribution in [3.8, 4) is 0 Å². The van der Waals surface area contributed by atoms with Gasteiger partial charge in [0.1, 0.15) is 5.69 Å². The van der Waals surface area contributed by atoms with Gasteiger partial charge in [-0.05, 0) is 38.8 Å². The number of nitrogens with zero attached hydrogens (tertiary/aromatic N) is 2. The van der Waals surface area contributed by atoms with Crippen molar-refractivity contribution in [2.24, 2.45) is 5.92 Å². The molecule has 1 aliphatic heterocycles. The van der Waals surface area contributed by atoms with E-state index in [4.69, 9.17) is 4.74 Å². The topological polar surface area (TPSA) is 59.5 Å². The van der Waals surface area contributed by atoms with Crippen LogP contribution in [0.4, 0.5) is 0 Å². The van der Waals surface area contributed by atoms with Gasteiger partial charge in [0.25, 0.3) is 5.91 Å². The highest BCUT2D eigenvalue weighted by Crippen LogP contribution is 2.19. The summed E-state index contributed by atoms with van der Waals surface area (Å²) in [4.78, 5) is 30.1. The summed E-state index contributed by atoms with van der Waals surface area (Å²) >= 11 is 0. The Hall–Kier alpha value is -1.91. The zero-order valence-electron chi connectivity index (χ0n) is 12.0. The number of ether oxygens (including phenoxy) is 1. The molecule has 20 heavy (non-hydrogen) atoms. The Morgan fingerprint density at radius 2 is 2.25 bits per heavy atom. The molecule has 2 heterocycles. The molecule has 1 saturated heterocycles. The average molecular weight is 276 g/mol. The van der Waals surface area contributed by atoms with E-state index in [2.05, 4.69) is 4.98 Å². The third kappa shape index (κ3) is 3.35. The highest BCUT2D eigenvalue weighted by atomic mass is 16.5. The van der Waals surface area contributed by atoms with Gasteiger partial charge in [0.15, 0.2) is 0 Å². The first kappa shape index (κ1) is 14.5. The number of esters is 1. The van der Waals surface area contributed by atoms with E-state index in [1.807, 2.05) is 19.1 Å². The fourth-order valence-corrected chi connectivity index (χ4v) is 2.44. The number of amides is 1. The zero-order valence-corrected chi connectivity index (χ0v) is 12.0. The van der Waals surface area contributed by atoms with E-state index in [9.17, 15) is 9.59 Å². The number of likely N-dealkylation sites (tertiary alicyclic amines) is 1. The number of rotatable bonds is 3. The van der Waals surface area contributed by atoms with Gasteiger partial charge in [-0.15, -0.1) is 0 Å². The molecule has 0 aromatic carbocycles. The first-order valence-electron chi connectivity index (χ1n) is 7.01. The summed E-state index contributed by atoms with van der Waals surface area (Å²) in [5.41, 5.74) is 1.25. The minimum absolute atomic E-state index is 0.109. The Labute approximate surface area is 118 Å². The standard InChI is InChI=1S/C15H20N2O3/c1-3-20-15(19)12-7-5-9-17(10-12)14(18)13-8-4-6-11(2)16-13/h4,6,8,12H,3,5,7,9-10H2,1-2H3/t12-/m0/s1. The second-order valence-electron chi connectivity index (χ2n) is 5.01. The van der Waals surface area contributed by atoms with Gasteiger partial charge in [-0.1, -0.05) is 6.07 Å². The minimum Gasteiger partial charge on any atom is -0.466 e. The molecular weight excluding hydrogens is 256 g/mol. The van der Waals surface area contributed by atoms with Crippen molar-refractivity contribution in [1.29, 1.82) is 0 Å². The maximum Gasteiger partial charge on any atom is 0.310 e. The van der Waals surface area contributed by atoms with Crippen LogP contribution in [0.5, 0.6) is 0 Å². The van der Waals surface area contributed by atoms with Crippen LogP contribution < -0.4 is 0 Å². The van der Waals surface area contributed by atoms with Crippen molar-refractivity contribution in [3.05, 3.63) is 29.6 Å². The SMILES string of the molecule is CCOC(=O)[C@H]1CCCN(C(=O)c2cccc(C)n2)C1. The third-order valence-electron chi connectivity index (χ3n) is 3.44. The quantitative estimate of drug-likeness (QED) is 0.790. The normalized spacial score (nSPS) is 18.7. The van der Waals surface area contributed by atoms with Crippen LogP contribution in [0, 0.1) is 12.8 Å². The summed E-state index contributed by atoms with van der Waals surface area (Å²) in [6, 6.07) is 5.39. The molecule has 0 unspecified atom stereocenters. The lowest BCUT2D eigenvalue weighted by Gasteiger charge is -2.31. The summed E-state index contributed by atoms with van der Waals surface area (Å²) in [7, 11) is 0. The predicted molar refractivity (Wildman–Crippen MR) is 74.2 cm³/mol. The average Bonchev–Trinajstić information content (AvgIpc) is 2.47. The number of pyridine rings is 1. The molecule has 0 N–H and O–H groups in total. The van der Waals surface area contributed by atoms with Gasteiger partial charge < -0.3 is 9.64 Å². The molecular formula is C15H20N2O3. The monoisotopic (exact) mass is 276 g/mol. The minimum atomic E-state index is -0.211. The Balaban J connectivity index is 2.05. The number of aryl methyl sites for hydroxylation is 1. The van der Waals surface area contributed by atoms with E-state index >= 15 is 0 Å². The van der Waals surface area contributed by atoms with Crippen LogP contribution in [0.3, 0.4) is 0 Å². The molecule has 0 aliphatic carbocycles. The van der Waals surface area contributed by atoms with Gasteiger partial charge >= 0.3 is 5.97 Å². The molecule has 1 fully saturated rings. The van der Waals surface area contributed by atoms with Crippen molar-refractivity contribution < 1.29 is 14.3 Å². The number of hydrogen-bond donors (Lipinski definition) is 0. The van der Waals surface area contributed by atoms with Gasteiger partial charge in [-0.2, -0.15) is 0 Å². The Kier molecular flexibility index (Phi) is 4.71. The van der Waals surface area contributed by atoms with Gasteiger partial charge in [-0.3, -0.25) is 9.59 Å². The van der Waals surface area contributed by atoms with Gasteiger partial charge in [0, 0.05) is 18.8 Å². The summed E-state index contributed by atoms with van der Waals surface area (Å²) < 4.78 is 5.04. The summed E-state index contributed by atoms with van der Waals surface area (Å²) in [6.07, 6.45) is 1.60. The van der Waals surface area contributed by atoms with E-state index in [1.165, 1.54) is 0 Å². The largest absolute Gasteiger partial charge is 0.466 e. The second kappa shape index (κ2) is 6.50. The molecule has 1 amide bonds. The Bertz CT molecular complexity index is 502. The van der Waals surface area contributed by atoms with Crippen molar-refractivity contribution in [1.82, 2.24) is 9.88 Å². The number of aromatic nitrogens is 1. The van der Waals surface area contributed by atoms with E-state index in [0.29, 0.717) is 25.4 Å². The van der Waals surface area contributed by atoms with Gasteiger partial charge in [-0.25, -0.2) is 4.98 Å². The fourth-order valence-electron chi connectivity index (χ4n) is 2.44. The molecule has 108 valence electrons. The highest BCUT2D eigenvalue weighted by molar-refractivity contribution is 5.92. The van der Waals surface area contributed by atoms with E-state index in [-0.39, 0.29) is 17.8 Å². The first-order valence-corrected chi connectivity index (χ1v) is 7.01. The third-order valence-corrected chi connectivity index (χ3v) is 3.44. The van der Waals surface area contributed by atoms with Crippen molar-refractivity contribution in [2.75, 3.05) is 19.7 Å². The number of hydrogen-bond acceptors (Lipinski definition) is 4. The maximum absolute atomic E-state index is 12.4. The Morgan fingerprint density at radius 3 is 2.95 bits per heavy atom. The van der Waals surface area contributed by atoms with Crippen LogP contribution in [-0.2, 0) is 9.53 Å². The smallest absolute Gasteiger partial charge is 0.310 e. The summed E-state index contributed by atoms with van der Waals surface area (Å²) in [6.45, 7) is 5.12. The molecule has 5 heteroatoms. The van der Waals surface area contributed by atoms with Crippen LogP contribution in [0.2, 0.25) is 0 Å². The highest BCUT2D eigenvalue weighted by Gasteiger charge is 2.30. The summed E-state index contributed by atoms with van der Waals surface area (Å²) in [5.74, 6) is -0.526. The van der Waals surface area contributed by atoms with E-state index < -0.39 is 0 Å². The molecule has 0 saturated carbocycles. The van der Waals surface area contributed by atoms with Crippen LogP contribution in [0.25, 0.3) is 0 Å². The number of carbonyl (C=O) groups is 2. The Morgan fingerprint density at radius 1 is 1.45 bits per heavy atom. The van der Waals surface area contributed by atoms with Crippen LogP contribution in [-0.4, -0.2) is 41.5 Å². The molecule has 0 spiro atoms. The zero-order chi connectivity index (χ0) is 14.5. The lowest BCUT2D eigenvalue weighted by Crippen LogP contribution is -2.43. The molecule has 1 atom stereocenters. The van der Waals surface area contributed by atoms with Gasteiger partial charge in [0.2, 0.25) is 0 Å². The molecule has 0 radical (unpaired) electrons. The number of piperidine rings is 1. The first-order chi connectivity index (χ1) is 9.61.